The molecule has 0 atom stereocenters. The van der Waals surface area contributed by atoms with Crippen molar-refractivity contribution in [2.75, 3.05) is 0 Å². The second-order valence-electron chi connectivity index (χ2n) is 1.29. The molecular weight excluding hydrogens is 124 g/mol. The Balaban J connectivity index is 4.15. The van der Waals surface area contributed by atoms with Gasteiger partial charge in [0.2, 0.25) is 0 Å². The lowest BCUT2D eigenvalue weighted by molar-refractivity contribution is 1.13. The van der Waals surface area contributed by atoms with E-state index in [2.05, 4.69) is 0 Å². The van der Waals surface area contributed by atoms with Crippen molar-refractivity contribution in [1.29, 1.82) is 5.26 Å². The van der Waals surface area contributed by atoms with Gasteiger partial charge in [0.1, 0.15) is 5.16 Å². The molecule has 0 fully saturated rings. The Morgan fingerprint density at radius 2 is 2.38 bits per heavy atom. The van der Waals surface area contributed by atoms with Gasteiger partial charge in [-0.2, -0.15) is 5.26 Å². The number of nitrogens with zero attached hydrogens (tertiary/aromatic N) is 1. The zero-order valence-corrected chi connectivity index (χ0v) is 5.37. The zero-order chi connectivity index (χ0) is 6.57. The van der Waals surface area contributed by atoms with E-state index in [4.69, 9.17) is 22.6 Å². The summed E-state index contributed by atoms with van der Waals surface area (Å²) >= 11 is 5.28. The van der Waals surface area contributed by atoms with Gasteiger partial charge in [-0.15, -0.1) is 0 Å². The van der Waals surface area contributed by atoms with Gasteiger partial charge in [-0.25, -0.2) is 0 Å². The van der Waals surface area contributed by atoms with Crippen LogP contribution in [0.1, 0.15) is 13.3 Å². The Morgan fingerprint density at radius 3 is 2.38 bits per heavy atom. The SMILES string of the molecule is CC/C(C#N)=C(\N)Cl. The molecule has 0 unspecified atom stereocenters. The molecule has 0 radical (unpaired) electrons. The summed E-state index contributed by atoms with van der Waals surface area (Å²) in [6, 6.07) is 1.87. The molecule has 2 nitrogen and oxygen atoms in total. The quantitative estimate of drug-likeness (QED) is 0.430. The van der Waals surface area contributed by atoms with Crippen LogP contribution < -0.4 is 5.73 Å². The number of rotatable bonds is 1. The Bertz CT molecular complexity index is 139. The maximum atomic E-state index is 8.22. The number of halogens is 1. The first-order valence-electron chi connectivity index (χ1n) is 2.26. The summed E-state index contributed by atoms with van der Waals surface area (Å²) in [6.07, 6.45) is 0.603. The molecule has 0 rings (SSSR count). The first-order chi connectivity index (χ1) is 3.72. The lowest BCUT2D eigenvalue weighted by Crippen LogP contribution is -1.92. The Morgan fingerprint density at radius 1 is 1.88 bits per heavy atom. The van der Waals surface area contributed by atoms with Crippen LogP contribution in [0.3, 0.4) is 0 Å². The van der Waals surface area contributed by atoms with E-state index in [1.54, 1.807) is 0 Å². The summed E-state index contributed by atoms with van der Waals surface area (Å²) < 4.78 is 0. The lowest BCUT2D eigenvalue weighted by atomic mass is 10.2. The van der Waals surface area contributed by atoms with Crippen LogP contribution in [0.5, 0.6) is 0 Å². The van der Waals surface area contributed by atoms with E-state index in [0.717, 1.165) is 0 Å². The molecule has 0 aromatic heterocycles. The van der Waals surface area contributed by atoms with E-state index in [0.29, 0.717) is 12.0 Å². The third-order valence-corrected chi connectivity index (χ3v) is 1.00. The van der Waals surface area contributed by atoms with E-state index >= 15 is 0 Å². The van der Waals surface area contributed by atoms with Crippen molar-refractivity contribution >= 4 is 11.6 Å². The molecule has 0 spiro atoms. The van der Waals surface area contributed by atoms with Crippen LogP contribution in [0.15, 0.2) is 10.7 Å². The van der Waals surface area contributed by atoms with Gasteiger partial charge in [0.05, 0.1) is 11.6 Å². The molecule has 0 aromatic rings. The number of allylic oxidation sites excluding steroid dienone is 1. The van der Waals surface area contributed by atoms with Gasteiger partial charge < -0.3 is 5.73 Å². The van der Waals surface area contributed by atoms with Crippen molar-refractivity contribution in [3.05, 3.63) is 10.7 Å². The fourth-order valence-electron chi connectivity index (χ4n) is 0.301. The van der Waals surface area contributed by atoms with Gasteiger partial charge in [-0.05, 0) is 6.42 Å². The van der Waals surface area contributed by atoms with E-state index < -0.39 is 0 Å². The van der Waals surface area contributed by atoms with Crippen LogP contribution in [-0.4, -0.2) is 0 Å². The van der Waals surface area contributed by atoms with Crippen LogP contribution in [0.4, 0.5) is 0 Å². The standard InChI is InChI=1S/C5H7ClN2/c1-2-4(3-7)5(6)8/h2,8H2,1H3/b5-4+. The van der Waals surface area contributed by atoms with E-state index in [1.807, 2.05) is 13.0 Å². The van der Waals surface area contributed by atoms with Crippen LogP contribution in [0, 0.1) is 11.3 Å². The molecule has 0 heterocycles. The summed E-state index contributed by atoms with van der Waals surface area (Å²) in [5, 5.41) is 8.33. The Labute approximate surface area is 53.5 Å². The first kappa shape index (κ1) is 7.32. The van der Waals surface area contributed by atoms with Crippen molar-refractivity contribution in [2.45, 2.75) is 13.3 Å². The highest BCUT2D eigenvalue weighted by atomic mass is 35.5. The Hall–Kier alpha value is -0.680. The van der Waals surface area contributed by atoms with Gasteiger partial charge in [0.25, 0.3) is 0 Å². The third-order valence-electron chi connectivity index (χ3n) is 0.777. The van der Waals surface area contributed by atoms with Crippen LogP contribution in [0.2, 0.25) is 0 Å². The van der Waals surface area contributed by atoms with Crippen molar-refractivity contribution in [2.24, 2.45) is 5.73 Å². The molecule has 0 aliphatic rings. The summed E-state index contributed by atoms with van der Waals surface area (Å²) in [5.74, 6) is 0. The number of hydrogen-bond acceptors (Lipinski definition) is 2. The van der Waals surface area contributed by atoms with Crippen LogP contribution in [-0.2, 0) is 0 Å². The molecule has 2 N–H and O–H groups in total. The maximum Gasteiger partial charge on any atom is 0.113 e. The topological polar surface area (TPSA) is 49.8 Å². The molecule has 0 aliphatic carbocycles. The Kier molecular flexibility index (Phi) is 3.05. The monoisotopic (exact) mass is 130 g/mol. The maximum absolute atomic E-state index is 8.22. The van der Waals surface area contributed by atoms with Crippen molar-refractivity contribution in [1.82, 2.24) is 0 Å². The number of hydrogen-bond donors (Lipinski definition) is 1. The molecule has 0 bridgehead atoms. The van der Waals surface area contributed by atoms with Crippen molar-refractivity contribution in [3.63, 3.8) is 0 Å². The van der Waals surface area contributed by atoms with Crippen LogP contribution in [0.25, 0.3) is 0 Å². The fourth-order valence-corrected chi connectivity index (χ4v) is 0.477. The molecule has 0 aromatic carbocycles. The van der Waals surface area contributed by atoms with Gasteiger partial charge in [-0.3, -0.25) is 0 Å². The van der Waals surface area contributed by atoms with Gasteiger partial charge in [0.15, 0.2) is 0 Å². The van der Waals surface area contributed by atoms with Gasteiger partial charge in [0, 0.05) is 0 Å². The smallest absolute Gasteiger partial charge is 0.113 e. The van der Waals surface area contributed by atoms with E-state index in [-0.39, 0.29) is 5.16 Å². The summed E-state index contributed by atoms with van der Waals surface area (Å²) in [4.78, 5) is 0. The highest BCUT2D eigenvalue weighted by Crippen LogP contribution is 2.04. The second kappa shape index (κ2) is 3.34. The highest BCUT2D eigenvalue weighted by molar-refractivity contribution is 6.29. The molecule has 44 valence electrons. The number of nitriles is 1. The number of nitrogens with two attached hydrogens (primary N) is 1. The molecule has 3 heteroatoms. The zero-order valence-electron chi connectivity index (χ0n) is 4.61. The highest BCUT2D eigenvalue weighted by Gasteiger charge is 1.93. The summed E-state index contributed by atoms with van der Waals surface area (Å²) in [6.45, 7) is 1.83. The minimum Gasteiger partial charge on any atom is -0.389 e. The largest absolute Gasteiger partial charge is 0.389 e. The fraction of sp³-hybridized carbons (Fsp3) is 0.400. The second-order valence-corrected chi connectivity index (χ2v) is 1.70. The average molecular weight is 131 g/mol. The molecular formula is C5H7ClN2. The van der Waals surface area contributed by atoms with Crippen molar-refractivity contribution in [3.8, 4) is 6.07 Å². The van der Waals surface area contributed by atoms with Crippen molar-refractivity contribution < 1.29 is 0 Å². The summed E-state index contributed by atoms with van der Waals surface area (Å²) in [7, 11) is 0. The third kappa shape index (κ3) is 1.85. The molecule has 8 heavy (non-hydrogen) atoms. The molecule has 0 aliphatic heterocycles. The molecule has 0 saturated carbocycles. The molecule has 0 saturated heterocycles. The predicted octanol–water partition coefficient (Wildman–Crippen LogP) is 1.33. The molecule has 0 amide bonds. The first-order valence-corrected chi connectivity index (χ1v) is 2.64. The normalized spacial score (nSPS) is 12.1. The van der Waals surface area contributed by atoms with E-state index in [1.165, 1.54) is 0 Å². The van der Waals surface area contributed by atoms with Crippen LogP contribution >= 0.6 is 11.6 Å². The minimum atomic E-state index is 0.106. The lowest BCUT2D eigenvalue weighted by Gasteiger charge is -1.89. The van der Waals surface area contributed by atoms with Gasteiger partial charge >= 0.3 is 0 Å². The average Bonchev–Trinajstić information content (AvgIpc) is 1.69. The van der Waals surface area contributed by atoms with Gasteiger partial charge in [-0.1, -0.05) is 18.5 Å². The predicted molar refractivity (Wildman–Crippen MR) is 33.0 cm³/mol. The minimum absolute atomic E-state index is 0.106. The summed E-state index contributed by atoms with van der Waals surface area (Å²) in [5.41, 5.74) is 5.53. The van der Waals surface area contributed by atoms with E-state index in [9.17, 15) is 0 Å².